The molecule has 1 saturated carbocycles. The van der Waals surface area contributed by atoms with Gasteiger partial charge in [0.1, 0.15) is 0 Å². The second-order valence-corrected chi connectivity index (χ2v) is 4.56. The third-order valence-electron chi connectivity index (χ3n) is 3.13. The molecule has 0 saturated heterocycles. The number of nitrogens with one attached hydrogen (secondary N) is 1. The van der Waals surface area contributed by atoms with Gasteiger partial charge in [-0.2, -0.15) is 4.98 Å². The highest BCUT2D eigenvalue weighted by Gasteiger charge is 2.24. The van der Waals surface area contributed by atoms with Gasteiger partial charge in [-0.3, -0.25) is 4.79 Å². The molecule has 0 aromatic carbocycles. The Morgan fingerprint density at radius 2 is 2.18 bits per heavy atom. The predicted octanol–water partition coefficient (Wildman–Crippen LogP) is 0.512. The summed E-state index contributed by atoms with van der Waals surface area (Å²) in [6, 6.07) is 0.262. The third-order valence-corrected chi connectivity index (χ3v) is 3.13. The molecule has 1 heterocycles. The van der Waals surface area contributed by atoms with Crippen molar-refractivity contribution in [2.24, 2.45) is 11.7 Å². The van der Waals surface area contributed by atoms with Crippen LogP contribution in [0, 0.1) is 12.8 Å². The minimum Gasteiger partial charge on any atom is -0.347 e. The summed E-state index contributed by atoms with van der Waals surface area (Å²) in [7, 11) is 0. The highest BCUT2D eigenvalue weighted by atomic mass is 16.5. The van der Waals surface area contributed by atoms with Crippen molar-refractivity contribution in [3.63, 3.8) is 0 Å². The van der Waals surface area contributed by atoms with E-state index in [-0.39, 0.29) is 17.9 Å². The Kier molecular flexibility index (Phi) is 3.73. The van der Waals surface area contributed by atoms with Gasteiger partial charge in [-0.25, -0.2) is 0 Å². The fraction of sp³-hybridized carbons (Fsp3) is 0.727. The summed E-state index contributed by atoms with van der Waals surface area (Å²) in [6.07, 6.45) is 3.60. The van der Waals surface area contributed by atoms with E-state index in [1.54, 1.807) is 6.92 Å². The van der Waals surface area contributed by atoms with Gasteiger partial charge in [0.05, 0.1) is 6.54 Å². The minimum absolute atomic E-state index is 0.0627. The summed E-state index contributed by atoms with van der Waals surface area (Å²) in [5.74, 6) is 1.17. The molecule has 0 aliphatic heterocycles. The summed E-state index contributed by atoms with van der Waals surface area (Å²) in [5.41, 5.74) is 5.80. The lowest BCUT2D eigenvalue weighted by atomic mass is 9.86. The average molecular weight is 238 g/mol. The van der Waals surface area contributed by atoms with E-state index in [9.17, 15) is 4.79 Å². The number of hydrogen-bond donors (Lipinski definition) is 2. The van der Waals surface area contributed by atoms with Gasteiger partial charge in [0.25, 0.3) is 0 Å². The Labute approximate surface area is 99.9 Å². The number of rotatable bonds is 3. The zero-order chi connectivity index (χ0) is 12.3. The zero-order valence-electron chi connectivity index (χ0n) is 9.98. The van der Waals surface area contributed by atoms with Crippen LogP contribution in [0.2, 0.25) is 0 Å². The number of aryl methyl sites for hydroxylation is 1. The van der Waals surface area contributed by atoms with Crippen LogP contribution in [0.3, 0.4) is 0 Å². The van der Waals surface area contributed by atoms with Crippen molar-refractivity contribution >= 4 is 5.91 Å². The molecule has 1 amide bonds. The molecule has 6 nitrogen and oxygen atoms in total. The Morgan fingerprint density at radius 3 is 2.76 bits per heavy atom. The lowest BCUT2D eigenvalue weighted by Crippen LogP contribution is -2.36. The highest BCUT2D eigenvalue weighted by Crippen LogP contribution is 2.23. The molecule has 17 heavy (non-hydrogen) atoms. The van der Waals surface area contributed by atoms with Crippen molar-refractivity contribution in [1.82, 2.24) is 15.5 Å². The number of amides is 1. The van der Waals surface area contributed by atoms with Crippen molar-refractivity contribution in [1.29, 1.82) is 0 Å². The molecular weight excluding hydrogens is 220 g/mol. The maximum absolute atomic E-state index is 11.8. The average Bonchev–Trinajstić information content (AvgIpc) is 2.73. The number of hydrogen-bond acceptors (Lipinski definition) is 5. The van der Waals surface area contributed by atoms with Crippen LogP contribution in [0.4, 0.5) is 0 Å². The van der Waals surface area contributed by atoms with Crippen LogP contribution in [-0.2, 0) is 11.3 Å². The van der Waals surface area contributed by atoms with Crippen LogP contribution in [0.5, 0.6) is 0 Å². The first-order valence-electron chi connectivity index (χ1n) is 5.97. The van der Waals surface area contributed by atoms with Gasteiger partial charge in [0.2, 0.25) is 11.8 Å². The molecule has 2 rings (SSSR count). The third kappa shape index (κ3) is 3.26. The normalized spacial score (nSPS) is 24.6. The molecule has 0 atom stereocenters. The monoisotopic (exact) mass is 238 g/mol. The van der Waals surface area contributed by atoms with Gasteiger partial charge in [-0.05, 0) is 32.6 Å². The van der Waals surface area contributed by atoms with E-state index < -0.39 is 0 Å². The van der Waals surface area contributed by atoms with Gasteiger partial charge in [0.15, 0.2) is 5.82 Å². The number of aromatic nitrogens is 2. The van der Waals surface area contributed by atoms with Gasteiger partial charge in [-0.1, -0.05) is 5.16 Å². The molecule has 94 valence electrons. The number of carbonyl (C=O) groups excluding carboxylic acids is 1. The molecular formula is C11H18N4O2. The van der Waals surface area contributed by atoms with E-state index in [1.165, 1.54) is 0 Å². The molecule has 1 aliphatic carbocycles. The molecule has 0 unspecified atom stereocenters. The molecule has 6 heteroatoms. The second kappa shape index (κ2) is 5.27. The quantitative estimate of drug-likeness (QED) is 0.800. The number of carbonyl (C=O) groups is 1. The van der Waals surface area contributed by atoms with Gasteiger partial charge in [0, 0.05) is 12.0 Å². The van der Waals surface area contributed by atoms with Crippen LogP contribution in [0.1, 0.15) is 37.4 Å². The van der Waals surface area contributed by atoms with E-state index in [2.05, 4.69) is 15.5 Å². The van der Waals surface area contributed by atoms with E-state index in [4.69, 9.17) is 10.3 Å². The van der Waals surface area contributed by atoms with Crippen molar-refractivity contribution in [3.05, 3.63) is 11.7 Å². The van der Waals surface area contributed by atoms with Gasteiger partial charge < -0.3 is 15.6 Å². The van der Waals surface area contributed by atoms with Crippen molar-refractivity contribution < 1.29 is 9.32 Å². The smallest absolute Gasteiger partial charge is 0.246 e. The first-order chi connectivity index (χ1) is 8.15. The summed E-state index contributed by atoms with van der Waals surface area (Å²) < 4.78 is 4.92. The molecule has 3 N–H and O–H groups in total. The Bertz CT molecular complexity index is 383. The summed E-state index contributed by atoms with van der Waals surface area (Å²) in [5, 5.41) is 6.48. The summed E-state index contributed by atoms with van der Waals surface area (Å²) in [6.45, 7) is 2.06. The molecule has 1 aromatic rings. The molecule has 0 spiro atoms. The van der Waals surface area contributed by atoms with Crippen LogP contribution >= 0.6 is 0 Å². The van der Waals surface area contributed by atoms with E-state index in [0.717, 1.165) is 25.7 Å². The first-order valence-corrected chi connectivity index (χ1v) is 5.97. The van der Waals surface area contributed by atoms with E-state index >= 15 is 0 Å². The van der Waals surface area contributed by atoms with E-state index in [1.807, 2.05) is 0 Å². The summed E-state index contributed by atoms with van der Waals surface area (Å²) >= 11 is 0. The standard InChI is InChI=1S/C11H18N4O2/c1-7-14-10(17-15-7)6-13-11(16)8-2-4-9(12)5-3-8/h8-9H,2-6,12H2,1H3,(H,13,16). The van der Waals surface area contributed by atoms with Crippen molar-refractivity contribution in [3.8, 4) is 0 Å². The van der Waals surface area contributed by atoms with Crippen molar-refractivity contribution in [2.75, 3.05) is 0 Å². The van der Waals surface area contributed by atoms with Gasteiger partial charge in [-0.15, -0.1) is 0 Å². The molecule has 1 fully saturated rings. The minimum atomic E-state index is 0.0627. The lowest BCUT2D eigenvalue weighted by molar-refractivity contribution is -0.126. The SMILES string of the molecule is Cc1noc(CNC(=O)C2CCC(N)CC2)n1. The van der Waals surface area contributed by atoms with Crippen LogP contribution in [0.25, 0.3) is 0 Å². The summed E-state index contributed by atoms with van der Waals surface area (Å²) in [4.78, 5) is 15.9. The Balaban J connectivity index is 1.77. The molecule has 1 aliphatic rings. The fourth-order valence-corrected chi connectivity index (χ4v) is 2.10. The van der Waals surface area contributed by atoms with Crippen LogP contribution in [-0.4, -0.2) is 22.1 Å². The van der Waals surface area contributed by atoms with E-state index in [0.29, 0.717) is 18.3 Å². The van der Waals surface area contributed by atoms with Crippen molar-refractivity contribution in [2.45, 2.75) is 45.2 Å². The topological polar surface area (TPSA) is 94.0 Å². The maximum Gasteiger partial charge on any atom is 0.246 e. The molecule has 0 bridgehead atoms. The van der Waals surface area contributed by atoms with Crippen LogP contribution < -0.4 is 11.1 Å². The highest BCUT2D eigenvalue weighted by molar-refractivity contribution is 5.78. The first kappa shape index (κ1) is 12.0. The Morgan fingerprint density at radius 1 is 1.47 bits per heavy atom. The van der Waals surface area contributed by atoms with Gasteiger partial charge >= 0.3 is 0 Å². The number of nitrogens with two attached hydrogens (primary N) is 1. The largest absolute Gasteiger partial charge is 0.347 e. The van der Waals surface area contributed by atoms with Crippen LogP contribution in [0.15, 0.2) is 4.52 Å². The predicted molar refractivity (Wildman–Crippen MR) is 60.8 cm³/mol. The number of nitrogens with zero attached hydrogens (tertiary/aromatic N) is 2. The molecule has 1 aromatic heterocycles. The zero-order valence-corrected chi connectivity index (χ0v) is 9.98. The molecule has 0 radical (unpaired) electrons. The lowest BCUT2D eigenvalue weighted by Gasteiger charge is -2.24. The maximum atomic E-state index is 11.8. The fourth-order valence-electron chi connectivity index (χ4n) is 2.10. The second-order valence-electron chi connectivity index (χ2n) is 4.56. The Hall–Kier alpha value is -1.43.